The van der Waals surface area contributed by atoms with Gasteiger partial charge in [-0.05, 0) is 48.4 Å². The van der Waals surface area contributed by atoms with Gasteiger partial charge in [0, 0.05) is 16.3 Å². The first-order valence-electron chi connectivity index (χ1n) is 6.58. The number of nitrogens with one attached hydrogen (secondary N) is 1. The summed E-state index contributed by atoms with van der Waals surface area (Å²) in [6, 6.07) is 14.0. The van der Waals surface area contributed by atoms with E-state index in [4.69, 9.17) is 17.3 Å². The fraction of sp³-hybridized carbons (Fsp3) is 0.125. The summed E-state index contributed by atoms with van der Waals surface area (Å²) in [6.45, 7) is 1.98. The van der Waals surface area contributed by atoms with E-state index >= 15 is 0 Å². The third kappa shape index (κ3) is 4.07. The molecule has 0 aromatic heterocycles. The number of anilines is 1. The lowest BCUT2D eigenvalue weighted by Gasteiger charge is -2.06. The second-order valence-electron chi connectivity index (χ2n) is 4.48. The molecule has 0 spiro atoms. The molecule has 2 aromatic rings. The van der Waals surface area contributed by atoms with Crippen molar-refractivity contribution in [2.45, 2.75) is 13.3 Å². The van der Waals surface area contributed by atoms with Crippen LogP contribution in [-0.4, -0.2) is 11.6 Å². The zero-order valence-corrected chi connectivity index (χ0v) is 12.4. The van der Waals surface area contributed by atoms with Gasteiger partial charge in [0.15, 0.2) is 0 Å². The highest BCUT2D eigenvalue weighted by atomic mass is 35.5. The predicted octanol–water partition coefficient (Wildman–Crippen LogP) is 3.47. The second kappa shape index (κ2) is 6.90. The number of nitrogens with zero attached hydrogens (tertiary/aromatic N) is 1. The fourth-order valence-electron chi connectivity index (χ4n) is 1.81. The van der Waals surface area contributed by atoms with Gasteiger partial charge in [0.05, 0.1) is 5.71 Å². The maximum atomic E-state index is 12.0. The van der Waals surface area contributed by atoms with Gasteiger partial charge in [-0.3, -0.25) is 4.79 Å². The van der Waals surface area contributed by atoms with Gasteiger partial charge in [0.25, 0.3) is 5.91 Å². The van der Waals surface area contributed by atoms with E-state index in [1.807, 2.05) is 19.1 Å². The molecule has 108 valence electrons. The van der Waals surface area contributed by atoms with Crippen LogP contribution in [0.4, 0.5) is 5.69 Å². The molecular weight excluding hydrogens is 286 g/mol. The molecule has 0 unspecified atom stereocenters. The van der Waals surface area contributed by atoms with Crippen LogP contribution in [0.15, 0.2) is 53.6 Å². The van der Waals surface area contributed by atoms with Crippen LogP contribution < -0.4 is 11.2 Å². The number of amides is 1. The quantitative estimate of drug-likeness (QED) is 0.516. The van der Waals surface area contributed by atoms with Gasteiger partial charge in [-0.2, -0.15) is 5.10 Å². The van der Waals surface area contributed by atoms with Gasteiger partial charge in [-0.1, -0.05) is 30.7 Å². The van der Waals surface area contributed by atoms with Gasteiger partial charge in [-0.15, -0.1) is 0 Å². The largest absolute Gasteiger partial charge is 0.399 e. The number of nitrogens with two attached hydrogens (primary N) is 1. The van der Waals surface area contributed by atoms with Gasteiger partial charge in [-0.25, -0.2) is 5.43 Å². The Bertz CT molecular complexity index is 648. The van der Waals surface area contributed by atoms with Crippen molar-refractivity contribution in [3.63, 3.8) is 0 Å². The molecule has 5 heteroatoms. The SMILES string of the molecule is CCC(=NNC(=O)c1ccc(N)cc1)c1ccc(Cl)cc1. The molecule has 0 fully saturated rings. The number of nitrogen functional groups attached to an aromatic ring is 1. The average molecular weight is 302 g/mol. The molecule has 21 heavy (non-hydrogen) atoms. The van der Waals surface area contributed by atoms with E-state index in [-0.39, 0.29) is 5.91 Å². The molecule has 0 heterocycles. The average Bonchev–Trinajstić information content (AvgIpc) is 2.50. The van der Waals surface area contributed by atoms with E-state index in [9.17, 15) is 4.79 Å². The number of hydrazone groups is 1. The molecule has 4 nitrogen and oxygen atoms in total. The van der Waals surface area contributed by atoms with Crippen molar-refractivity contribution in [1.29, 1.82) is 0 Å². The lowest BCUT2D eigenvalue weighted by atomic mass is 10.1. The highest BCUT2D eigenvalue weighted by Crippen LogP contribution is 2.11. The summed E-state index contributed by atoms with van der Waals surface area (Å²) in [7, 11) is 0. The molecule has 0 aliphatic heterocycles. The van der Waals surface area contributed by atoms with Gasteiger partial charge in [0.1, 0.15) is 0 Å². The van der Waals surface area contributed by atoms with Crippen molar-refractivity contribution in [3.8, 4) is 0 Å². The Morgan fingerprint density at radius 2 is 1.67 bits per heavy atom. The van der Waals surface area contributed by atoms with Crippen LogP contribution in [0.3, 0.4) is 0 Å². The molecule has 0 radical (unpaired) electrons. The number of halogens is 1. The minimum Gasteiger partial charge on any atom is -0.399 e. The standard InChI is InChI=1S/C16H16ClN3O/c1-2-15(11-3-7-13(17)8-4-11)19-20-16(21)12-5-9-14(18)10-6-12/h3-10H,2,18H2,1H3,(H,20,21). The molecule has 0 saturated heterocycles. The van der Waals surface area contributed by atoms with Crippen molar-refractivity contribution < 1.29 is 4.79 Å². The second-order valence-corrected chi connectivity index (χ2v) is 4.92. The Kier molecular flexibility index (Phi) is 4.95. The molecule has 0 aliphatic carbocycles. The fourth-order valence-corrected chi connectivity index (χ4v) is 1.93. The number of rotatable bonds is 4. The first-order chi connectivity index (χ1) is 10.1. The summed E-state index contributed by atoms with van der Waals surface area (Å²) in [6.07, 6.45) is 0.698. The van der Waals surface area contributed by atoms with Crippen LogP contribution in [0.25, 0.3) is 0 Å². The van der Waals surface area contributed by atoms with E-state index in [0.717, 1.165) is 11.3 Å². The number of hydrogen-bond acceptors (Lipinski definition) is 3. The number of carbonyl (C=O) groups excluding carboxylic acids is 1. The third-order valence-corrected chi connectivity index (χ3v) is 3.23. The summed E-state index contributed by atoms with van der Waals surface area (Å²) >= 11 is 5.86. The third-order valence-electron chi connectivity index (χ3n) is 2.98. The van der Waals surface area contributed by atoms with Crippen molar-refractivity contribution >= 4 is 28.9 Å². The summed E-state index contributed by atoms with van der Waals surface area (Å²) in [4.78, 5) is 12.0. The summed E-state index contributed by atoms with van der Waals surface area (Å²) in [5.41, 5.74) is 11.0. The van der Waals surface area contributed by atoms with Crippen LogP contribution in [0, 0.1) is 0 Å². The summed E-state index contributed by atoms with van der Waals surface area (Å²) < 4.78 is 0. The van der Waals surface area contributed by atoms with Crippen molar-refractivity contribution in [3.05, 3.63) is 64.7 Å². The monoisotopic (exact) mass is 301 g/mol. The molecular formula is C16H16ClN3O. The normalized spacial score (nSPS) is 11.2. The van der Waals surface area contributed by atoms with Gasteiger partial charge in [0.2, 0.25) is 0 Å². The Hall–Kier alpha value is -2.33. The Morgan fingerprint density at radius 1 is 1.10 bits per heavy atom. The first kappa shape index (κ1) is 15.1. The van der Waals surface area contributed by atoms with Crippen LogP contribution >= 0.6 is 11.6 Å². The summed E-state index contributed by atoms with van der Waals surface area (Å²) in [5.74, 6) is -0.269. The van der Waals surface area contributed by atoms with Crippen LogP contribution in [-0.2, 0) is 0 Å². The van der Waals surface area contributed by atoms with E-state index in [2.05, 4.69) is 10.5 Å². The molecule has 0 atom stereocenters. The molecule has 0 saturated carbocycles. The van der Waals surface area contributed by atoms with Crippen LogP contribution in [0.2, 0.25) is 5.02 Å². The van der Waals surface area contributed by atoms with Crippen molar-refractivity contribution in [2.75, 3.05) is 5.73 Å². The highest BCUT2D eigenvalue weighted by molar-refractivity contribution is 6.30. The Morgan fingerprint density at radius 3 is 2.24 bits per heavy atom. The molecule has 3 N–H and O–H groups in total. The Labute approximate surface area is 128 Å². The van der Waals surface area contributed by atoms with Crippen LogP contribution in [0.1, 0.15) is 29.3 Å². The maximum absolute atomic E-state index is 12.0. The number of carbonyl (C=O) groups is 1. The zero-order valence-electron chi connectivity index (χ0n) is 11.6. The molecule has 0 bridgehead atoms. The number of hydrogen-bond donors (Lipinski definition) is 2. The van der Waals surface area contributed by atoms with E-state index in [0.29, 0.717) is 22.7 Å². The minimum atomic E-state index is -0.269. The van der Waals surface area contributed by atoms with Crippen molar-refractivity contribution in [2.24, 2.45) is 5.10 Å². The maximum Gasteiger partial charge on any atom is 0.271 e. The van der Waals surface area contributed by atoms with E-state index in [1.165, 1.54) is 0 Å². The Balaban J connectivity index is 2.12. The molecule has 1 amide bonds. The molecule has 2 aromatic carbocycles. The predicted molar refractivity (Wildman–Crippen MR) is 86.6 cm³/mol. The highest BCUT2D eigenvalue weighted by Gasteiger charge is 2.06. The number of benzene rings is 2. The minimum absolute atomic E-state index is 0.269. The lowest BCUT2D eigenvalue weighted by Crippen LogP contribution is -2.20. The van der Waals surface area contributed by atoms with Gasteiger partial charge >= 0.3 is 0 Å². The van der Waals surface area contributed by atoms with Gasteiger partial charge < -0.3 is 5.73 Å². The lowest BCUT2D eigenvalue weighted by molar-refractivity contribution is 0.0955. The summed E-state index contributed by atoms with van der Waals surface area (Å²) in [5, 5.41) is 4.85. The first-order valence-corrected chi connectivity index (χ1v) is 6.96. The molecule has 2 rings (SSSR count). The zero-order chi connectivity index (χ0) is 15.2. The van der Waals surface area contributed by atoms with Crippen LogP contribution in [0.5, 0.6) is 0 Å². The smallest absolute Gasteiger partial charge is 0.271 e. The molecule has 0 aliphatic rings. The van der Waals surface area contributed by atoms with E-state index in [1.54, 1.807) is 36.4 Å². The van der Waals surface area contributed by atoms with Crippen molar-refractivity contribution in [1.82, 2.24) is 5.43 Å². The van der Waals surface area contributed by atoms with E-state index < -0.39 is 0 Å². The topological polar surface area (TPSA) is 67.5 Å².